The molecule has 8 nitrogen and oxygen atoms in total. The lowest BCUT2D eigenvalue weighted by Gasteiger charge is -2.21. The predicted octanol–water partition coefficient (Wildman–Crippen LogP) is -0.678. The van der Waals surface area contributed by atoms with Gasteiger partial charge in [-0.1, -0.05) is 6.92 Å². The first-order valence-corrected chi connectivity index (χ1v) is 5.22. The number of aromatic amines is 1. The molecular formula is C9H13N5O3. The third-order valence-corrected chi connectivity index (χ3v) is 2.92. The number of carbonyl (C=O) groups excluding carboxylic acids is 1. The fourth-order valence-electron chi connectivity index (χ4n) is 2.06. The summed E-state index contributed by atoms with van der Waals surface area (Å²) in [5.41, 5.74) is 5.30. The summed E-state index contributed by atoms with van der Waals surface area (Å²) in [5, 5.41) is 15.0. The summed E-state index contributed by atoms with van der Waals surface area (Å²) in [6.45, 7) is 2.21. The van der Waals surface area contributed by atoms with Gasteiger partial charge >= 0.3 is 5.97 Å². The zero-order chi connectivity index (χ0) is 12.6. The second kappa shape index (κ2) is 4.04. The van der Waals surface area contributed by atoms with Crippen LogP contribution < -0.4 is 5.73 Å². The number of rotatable bonds is 2. The molecule has 0 bridgehead atoms. The molecule has 0 aromatic carbocycles. The van der Waals surface area contributed by atoms with Crippen molar-refractivity contribution >= 4 is 17.8 Å². The highest BCUT2D eigenvalue weighted by Gasteiger charge is 2.40. The molecule has 0 saturated carbocycles. The van der Waals surface area contributed by atoms with Gasteiger partial charge in [-0.3, -0.25) is 9.89 Å². The zero-order valence-electron chi connectivity index (χ0n) is 9.25. The number of nitrogens with zero attached hydrogens (tertiary/aromatic N) is 3. The number of aliphatic carboxylic acids is 1. The third kappa shape index (κ3) is 1.93. The highest BCUT2D eigenvalue weighted by molar-refractivity contribution is 5.94. The molecule has 2 heterocycles. The molecule has 2 atom stereocenters. The van der Waals surface area contributed by atoms with E-state index in [-0.39, 0.29) is 17.7 Å². The van der Waals surface area contributed by atoms with Crippen molar-refractivity contribution in [3.05, 3.63) is 5.82 Å². The van der Waals surface area contributed by atoms with E-state index in [9.17, 15) is 9.59 Å². The summed E-state index contributed by atoms with van der Waals surface area (Å²) >= 11 is 0. The lowest BCUT2D eigenvalue weighted by atomic mass is 10.0. The number of amides is 1. The number of hydrogen-bond donors (Lipinski definition) is 3. The maximum Gasteiger partial charge on any atom is 0.326 e. The first-order valence-electron chi connectivity index (χ1n) is 5.22. The summed E-state index contributed by atoms with van der Waals surface area (Å²) in [6.07, 6.45) is 0.659. The Labute approximate surface area is 96.8 Å². The van der Waals surface area contributed by atoms with Gasteiger partial charge in [0.05, 0.1) is 0 Å². The normalized spacial score (nSPS) is 23.9. The lowest BCUT2D eigenvalue weighted by molar-refractivity contribution is -0.142. The van der Waals surface area contributed by atoms with E-state index in [1.54, 1.807) is 6.92 Å². The van der Waals surface area contributed by atoms with Crippen molar-refractivity contribution in [3.8, 4) is 0 Å². The van der Waals surface area contributed by atoms with E-state index in [2.05, 4.69) is 15.2 Å². The Morgan fingerprint density at radius 3 is 2.82 bits per heavy atom. The fraction of sp³-hybridized carbons (Fsp3) is 0.556. The summed E-state index contributed by atoms with van der Waals surface area (Å²) in [4.78, 5) is 28.1. The highest BCUT2D eigenvalue weighted by atomic mass is 16.4. The molecule has 17 heavy (non-hydrogen) atoms. The quantitative estimate of drug-likeness (QED) is 0.628. The van der Waals surface area contributed by atoms with Gasteiger partial charge in [-0.05, 0) is 12.3 Å². The van der Waals surface area contributed by atoms with Crippen molar-refractivity contribution < 1.29 is 14.7 Å². The van der Waals surface area contributed by atoms with Gasteiger partial charge < -0.3 is 15.7 Å². The molecule has 1 fully saturated rings. The average molecular weight is 239 g/mol. The number of carbonyl (C=O) groups is 2. The molecule has 2 rings (SSSR count). The van der Waals surface area contributed by atoms with Crippen molar-refractivity contribution in [1.82, 2.24) is 20.1 Å². The molecule has 8 heteroatoms. The van der Waals surface area contributed by atoms with Crippen LogP contribution in [0.4, 0.5) is 5.95 Å². The van der Waals surface area contributed by atoms with E-state index in [4.69, 9.17) is 10.8 Å². The van der Waals surface area contributed by atoms with E-state index in [1.165, 1.54) is 4.90 Å². The van der Waals surface area contributed by atoms with Gasteiger partial charge in [-0.25, -0.2) is 4.79 Å². The molecule has 1 amide bonds. The van der Waals surface area contributed by atoms with Crippen molar-refractivity contribution in [2.75, 3.05) is 12.3 Å². The third-order valence-electron chi connectivity index (χ3n) is 2.92. The average Bonchev–Trinajstić information content (AvgIpc) is 2.83. The van der Waals surface area contributed by atoms with Crippen LogP contribution in [0.1, 0.15) is 24.0 Å². The zero-order valence-corrected chi connectivity index (χ0v) is 9.25. The molecular weight excluding hydrogens is 226 g/mol. The van der Waals surface area contributed by atoms with E-state index >= 15 is 0 Å². The second-order valence-corrected chi connectivity index (χ2v) is 4.09. The Bertz CT molecular complexity index is 457. The molecule has 92 valence electrons. The minimum Gasteiger partial charge on any atom is -0.480 e. The molecule has 0 radical (unpaired) electrons. The Balaban J connectivity index is 2.22. The van der Waals surface area contributed by atoms with Gasteiger partial charge in [0, 0.05) is 6.54 Å². The monoisotopic (exact) mass is 239 g/mol. The van der Waals surface area contributed by atoms with E-state index in [0.29, 0.717) is 13.0 Å². The maximum absolute atomic E-state index is 12.0. The fourth-order valence-corrected chi connectivity index (χ4v) is 2.06. The minimum absolute atomic E-state index is 0.0251. The van der Waals surface area contributed by atoms with Crippen LogP contribution in [0.15, 0.2) is 0 Å². The topological polar surface area (TPSA) is 125 Å². The van der Waals surface area contributed by atoms with Gasteiger partial charge in [0.15, 0.2) is 0 Å². The molecule has 0 spiro atoms. The Morgan fingerprint density at radius 2 is 2.29 bits per heavy atom. The lowest BCUT2D eigenvalue weighted by Crippen LogP contribution is -2.43. The van der Waals surface area contributed by atoms with Crippen LogP contribution in [0.5, 0.6) is 0 Å². The smallest absolute Gasteiger partial charge is 0.326 e. The van der Waals surface area contributed by atoms with Crippen LogP contribution in [-0.4, -0.2) is 49.7 Å². The van der Waals surface area contributed by atoms with Crippen molar-refractivity contribution in [2.45, 2.75) is 19.4 Å². The Kier molecular flexibility index (Phi) is 2.70. The van der Waals surface area contributed by atoms with Crippen LogP contribution in [0.2, 0.25) is 0 Å². The molecule has 1 aromatic heterocycles. The first kappa shape index (κ1) is 11.4. The number of anilines is 1. The second-order valence-electron chi connectivity index (χ2n) is 4.09. The standard InChI is InChI=1S/C9H13N5O3/c1-4-2-3-14(5(4)8(16)17)7(15)6-11-9(10)13-12-6/h4-5H,2-3H2,1H3,(H,16,17)(H3,10,11,12,13). The number of aromatic nitrogens is 3. The highest BCUT2D eigenvalue weighted by Crippen LogP contribution is 2.25. The Morgan fingerprint density at radius 1 is 1.59 bits per heavy atom. The van der Waals surface area contributed by atoms with Gasteiger partial charge in [-0.2, -0.15) is 4.98 Å². The number of likely N-dealkylation sites (tertiary alicyclic amines) is 1. The van der Waals surface area contributed by atoms with Crippen LogP contribution in [0.3, 0.4) is 0 Å². The molecule has 1 saturated heterocycles. The largest absolute Gasteiger partial charge is 0.480 e. The predicted molar refractivity (Wildman–Crippen MR) is 57.0 cm³/mol. The minimum atomic E-state index is -1.00. The molecule has 1 aliphatic heterocycles. The van der Waals surface area contributed by atoms with E-state index in [1.807, 2.05) is 0 Å². The van der Waals surface area contributed by atoms with Crippen molar-refractivity contribution in [2.24, 2.45) is 5.92 Å². The summed E-state index contributed by atoms with van der Waals surface area (Å²) in [5.74, 6) is -1.62. The van der Waals surface area contributed by atoms with Gasteiger partial charge in [-0.15, -0.1) is 5.10 Å². The van der Waals surface area contributed by atoms with Gasteiger partial charge in [0.25, 0.3) is 5.91 Å². The molecule has 4 N–H and O–H groups in total. The van der Waals surface area contributed by atoms with Crippen LogP contribution in [0.25, 0.3) is 0 Å². The Hall–Kier alpha value is -2.12. The number of carboxylic acids is 1. The van der Waals surface area contributed by atoms with Gasteiger partial charge in [0.2, 0.25) is 11.8 Å². The maximum atomic E-state index is 12.0. The molecule has 1 aliphatic rings. The number of H-pyrrole nitrogens is 1. The number of nitrogen functional groups attached to an aromatic ring is 1. The van der Waals surface area contributed by atoms with Crippen molar-refractivity contribution in [3.63, 3.8) is 0 Å². The van der Waals surface area contributed by atoms with E-state index < -0.39 is 17.9 Å². The molecule has 2 unspecified atom stereocenters. The first-order chi connectivity index (χ1) is 8.00. The summed E-state index contributed by atoms with van der Waals surface area (Å²) < 4.78 is 0. The van der Waals surface area contributed by atoms with Crippen molar-refractivity contribution in [1.29, 1.82) is 0 Å². The molecule has 0 aliphatic carbocycles. The summed E-state index contributed by atoms with van der Waals surface area (Å²) in [6, 6.07) is -0.811. The molecule has 1 aromatic rings. The number of carboxylic acid groups (broad SMARTS) is 1. The van der Waals surface area contributed by atoms with Crippen LogP contribution in [0, 0.1) is 5.92 Å². The number of hydrogen-bond acceptors (Lipinski definition) is 5. The number of nitrogens with two attached hydrogens (primary N) is 1. The van der Waals surface area contributed by atoms with Gasteiger partial charge in [0.1, 0.15) is 6.04 Å². The van der Waals surface area contributed by atoms with Crippen LogP contribution >= 0.6 is 0 Å². The van der Waals surface area contributed by atoms with Crippen LogP contribution in [-0.2, 0) is 4.79 Å². The van der Waals surface area contributed by atoms with E-state index in [0.717, 1.165) is 0 Å². The SMILES string of the molecule is CC1CCN(C(=O)c2nc(N)n[nH]2)C1C(=O)O. The number of nitrogens with one attached hydrogen (secondary N) is 1. The summed E-state index contributed by atoms with van der Waals surface area (Å²) in [7, 11) is 0.